The van der Waals surface area contributed by atoms with E-state index in [1.807, 2.05) is 37.3 Å². The molecule has 19 heavy (non-hydrogen) atoms. The Morgan fingerprint density at radius 1 is 1.21 bits per heavy atom. The van der Waals surface area contributed by atoms with Gasteiger partial charge in [-0.25, -0.2) is 9.97 Å². The first-order chi connectivity index (χ1) is 9.22. The van der Waals surface area contributed by atoms with E-state index in [-0.39, 0.29) is 6.04 Å². The van der Waals surface area contributed by atoms with Crippen molar-refractivity contribution in [1.82, 2.24) is 9.97 Å². The van der Waals surface area contributed by atoms with E-state index in [0.29, 0.717) is 11.6 Å². The van der Waals surface area contributed by atoms with Gasteiger partial charge < -0.3 is 10.2 Å². The number of aromatic nitrogens is 2. The van der Waals surface area contributed by atoms with Crippen molar-refractivity contribution in [2.24, 2.45) is 5.73 Å². The van der Waals surface area contributed by atoms with Crippen LogP contribution in [0.1, 0.15) is 12.5 Å². The third-order valence-electron chi connectivity index (χ3n) is 2.91. The van der Waals surface area contributed by atoms with E-state index in [9.17, 15) is 0 Å². The Bertz CT molecular complexity index is 653. The number of rotatable bonds is 3. The molecule has 3 aromatic rings. The van der Waals surface area contributed by atoms with Crippen molar-refractivity contribution in [1.29, 1.82) is 0 Å². The lowest BCUT2D eigenvalue weighted by atomic mass is 10.1. The van der Waals surface area contributed by atoms with E-state index in [1.54, 1.807) is 12.4 Å². The first-order valence-corrected chi connectivity index (χ1v) is 6.28. The Hall–Kier alpha value is -2.20. The fourth-order valence-electron chi connectivity index (χ4n) is 2.05. The summed E-state index contributed by atoms with van der Waals surface area (Å²) in [6.07, 6.45) is 4.39. The summed E-state index contributed by atoms with van der Waals surface area (Å²) in [5.74, 6) is 1.29. The van der Waals surface area contributed by atoms with Crippen LogP contribution in [0.4, 0.5) is 0 Å². The molecule has 1 unspecified atom stereocenters. The number of nitrogens with two attached hydrogens (primary N) is 1. The lowest BCUT2D eigenvalue weighted by Gasteiger charge is -2.04. The Labute approximate surface area is 111 Å². The van der Waals surface area contributed by atoms with Crippen LogP contribution in [0.5, 0.6) is 0 Å². The first-order valence-electron chi connectivity index (χ1n) is 6.28. The average molecular weight is 253 g/mol. The molecule has 0 fully saturated rings. The summed E-state index contributed by atoms with van der Waals surface area (Å²) in [6.45, 7) is 1.97. The number of hydrogen-bond donors (Lipinski definition) is 1. The molecule has 2 heterocycles. The molecule has 0 aliphatic heterocycles. The lowest BCUT2D eigenvalue weighted by Crippen LogP contribution is -2.17. The van der Waals surface area contributed by atoms with Gasteiger partial charge in [0.1, 0.15) is 5.58 Å². The van der Waals surface area contributed by atoms with Gasteiger partial charge in [-0.3, -0.25) is 0 Å². The number of nitrogens with zero attached hydrogens (tertiary/aromatic N) is 2. The molecule has 0 aliphatic carbocycles. The molecule has 4 nitrogen and oxygen atoms in total. The van der Waals surface area contributed by atoms with Gasteiger partial charge in [0, 0.05) is 23.8 Å². The van der Waals surface area contributed by atoms with E-state index in [2.05, 4.69) is 9.97 Å². The van der Waals surface area contributed by atoms with Crippen molar-refractivity contribution in [2.45, 2.75) is 19.4 Å². The van der Waals surface area contributed by atoms with E-state index >= 15 is 0 Å². The molecule has 2 N–H and O–H groups in total. The Balaban J connectivity index is 1.93. The summed E-state index contributed by atoms with van der Waals surface area (Å²) in [5, 5.41) is 1.06. The van der Waals surface area contributed by atoms with Crippen molar-refractivity contribution in [3.8, 4) is 11.6 Å². The van der Waals surface area contributed by atoms with Crippen molar-refractivity contribution < 1.29 is 4.42 Å². The summed E-state index contributed by atoms with van der Waals surface area (Å²) >= 11 is 0. The predicted octanol–water partition coefficient (Wildman–Crippen LogP) is 2.78. The third kappa shape index (κ3) is 2.48. The van der Waals surface area contributed by atoms with E-state index in [0.717, 1.165) is 23.0 Å². The van der Waals surface area contributed by atoms with Crippen LogP contribution < -0.4 is 5.73 Å². The maximum atomic E-state index is 5.75. The number of furan rings is 1. The topological polar surface area (TPSA) is 64.9 Å². The highest BCUT2D eigenvalue weighted by molar-refractivity contribution is 5.81. The van der Waals surface area contributed by atoms with E-state index in [4.69, 9.17) is 10.2 Å². The zero-order valence-electron chi connectivity index (χ0n) is 10.7. The molecular formula is C15H15N3O. The summed E-state index contributed by atoms with van der Waals surface area (Å²) in [7, 11) is 0. The number of fused-ring (bicyclic) bond motifs is 1. The van der Waals surface area contributed by atoms with Gasteiger partial charge in [-0.15, -0.1) is 0 Å². The summed E-state index contributed by atoms with van der Waals surface area (Å²) in [5.41, 5.74) is 7.64. The van der Waals surface area contributed by atoms with Gasteiger partial charge in [-0.1, -0.05) is 18.2 Å². The van der Waals surface area contributed by atoms with Gasteiger partial charge in [0.25, 0.3) is 0 Å². The quantitative estimate of drug-likeness (QED) is 0.779. The average Bonchev–Trinajstić information content (AvgIpc) is 2.82. The molecule has 1 atom stereocenters. The van der Waals surface area contributed by atoms with Crippen LogP contribution in [0.2, 0.25) is 0 Å². The van der Waals surface area contributed by atoms with Crippen LogP contribution in [-0.2, 0) is 6.42 Å². The van der Waals surface area contributed by atoms with Crippen molar-refractivity contribution >= 4 is 11.0 Å². The zero-order chi connectivity index (χ0) is 13.2. The number of benzene rings is 1. The lowest BCUT2D eigenvalue weighted by molar-refractivity contribution is 0.624. The molecule has 0 spiro atoms. The van der Waals surface area contributed by atoms with Gasteiger partial charge in [0.05, 0.1) is 0 Å². The standard InChI is InChI=1S/C15H15N3O/c1-10(16)6-11-8-17-15(18-9-11)14-7-12-4-2-3-5-13(12)19-14/h2-5,7-10H,6,16H2,1H3. The van der Waals surface area contributed by atoms with Crippen LogP contribution >= 0.6 is 0 Å². The Morgan fingerprint density at radius 2 is 1.95 bits per heavy atom. The molecule has 4 heteroatoms. The minimum atomic E-state index is 0.112. The van der Waals surface area contributed by atoms with Crippen LogP contribution in [0.15, 0.2) is 47.1 Å². The molecule has 1 aromatic carbocycles. The molecule has 2 aromatic heterocycles. The van der Waals surface area contributed by atoms with Gasteiger partial charge in [-0.05, 0) is 31.0 Å². The maximum absolute atomic E-state index is 5.75. The van der Waals surface area contributed by atoms with Gasteiger partial charge >= 0.3 is 0 Å². The SMILES string of the molecule is CC(N)Cc1cnc(-c2cc3ccccc3o2)nc1. The maximum Gasteiger partial charge on any atom is 0.195 e. The van der Waals surface area contributed by atoms with Crippen molar-refractivity contribution in [3.05, 3.63) is 48.3 Å². The van der Waals surface area contributed by atoms with Gasteiger partial charge in [-0.2, -0.15) is 0 Å². The van der Waals surface area contributed by atoms with Crippen LogP contribution in [0.25, 0.3) is 22.6 Å². The minimum Gasteiger partial charge on any atom is -0.453 e. The molecule has 0 saturated carbocycles. The Kier molecular flexibility index (Phi) is 3.01. The highest BCUT2D eigenvalue weighted by Gasteiger charge is 2.08. The zero-order valence-corrected chi connectivity index (χ0v) is 10.7. The van der Waals surface area contributed by atoms with Gasteiger partial charge in [0.2, 0.25) is 0 Å². The highest BCUT2D eigenvalue weighted by Crippen LogP contribution is 2.24. The fourth-order valence-corrected chi connectivity index (χ4v) is 2.05. The molecule has 0 radical (unpaired) electrons. The van der Waals surface area contributed by atoms with Gasteiger partial charge in [0.15, 0.2) is 11.6 Å². The summed E-state index contributed by atoms with van der Waals surface area (Å²) in [4.78, 5) is 8.67. The largest absolute Gasteiger partial charge is 0.453 e. The second kappa shape index (κ2) is 4.82. The summed E-state index contributed by atoms with van der Waals surface area (Å²) < 4.78 is 5.73. The first kappa shape index (κ1) is 11.9. The van der Waals surface area contributed by atoms with Crippen LogP contribution in [0, 0.1) is 0 Å². The fraction of sp³-hybridized carbons (Fsp3) is 0.200. The van der Waals surface area contributed by atoms with Crippen molar-refractivity contribution in [3.63, 3.8) is 0 Å². The van der Waals surface area contributed by atoms with E-state index < -0.39 is 0 Å². The molecular weight excluding hydrogens is 238 g/mol. The molecule has 3 rings (SSSR count). The van der Waals surface area contributed by atoms with Crippen molar-refractivity contribution in [2.75, 3.05) is 0 Å². The van der Waals surface area contributed by atoms with Crippen LogP contribution in [-0.4, -0.2) is 16.0 Å². The highest BCUT2D eigenvalue weighted by atomic mass is 16.3. The minimum absolute atomic E-state index is 0.112. The number of para-hydroxylation sites is 1. The Morgan fingerprint density at radius 3 is 2.63 bits per heavy atom. The summed E-state index contributed by atoms with van der Waals surface area (Å²) in [6, 6.07) is 9.93. The molecule has 96 valence electrons. The van der Waals surface area contributed by atoms with Crippen LogP contribution in [0.3, 0.4) is 0 Å². The second-order valence-corrected chi connectivity index (χ2v) is 4.74. The van der Waals surface area contributed by atoms with E-state index in [1.165, 1.54) is 0 Å². The molecule has 0 saturated heterocycles. The number of hydrogen-bond acceptors (Lipinski definition) is 4. The molecule has 0 aliphatic rings. The molecule has 0 bridgehead atoms. The normalized spacial score (nSPS) is 12.7. The second-order valence-electron chi connectivity index (χ2n) is 4.74. The monoisotopic (exact) mass is 253 g/mol. The smallest absolute Gasteiger partial charge is 0.195 e. The third-order valence-corrected chi connectivity index (χ3v) is 2.91. The predicted molar refractivity (Wildman–Crippen MR) is 74.6 cm³/mol. The molecule has 0 amide bonds.